The van der Waals surface area contributed by atoms with Crippen molar-refractivity contribution < 1.29 is 95.4 Å². The van der Waals surface area contributed by atoms with Crippen molar-refractivity contribution in [2.24, 2.45) is 0 Å². The van der Waals surface area contributed by atoms with Gasteiger partial charge in [0.15, 0.2) is 0 Å². The fraction of sp³-hybridized carbons (Fsp3) is 0.171. The largest absolute Gasteiger partial charge is 0.467 e. The van der Waals surface area contributed by atoms with E-state index in [0.717, 1.165) is 28.4 Å². The van der Waals surface area contributed by atoms with Gasteiger partial charge in [0.2, 0.25) is 0 Å². The van der Waals surface area contributed by atoms with E-state index in [1.807, 2.05) is 0 Å². The number of rotatable bonds is 4. The molecule has 9 heterocycles. The first-order chi connectivity index (χ1) is 46.3. The van der Waals surface area contributed by atoms with Crippen LogP contribution in [0.15, 0.2) is 182 Å². The number of esters is 8. The minimum atomic E-state index is -1.28. The summed E-state index contributed by atoms with van der Waals surface area (Å²) in [6.07, 6.45) is -0.451. The molecule has 8 aromatic rings. The van der Waals surface area contributed by atoms with Crippen LogP contribution < -0.4 is 40.2 Å². The van der Waals surface area contributed by atoms with E-state index in [1.54, 1.807) is 0 Å². The van der Waals surface area contributed by atoms with Crippen LogP contribution in [0.3, 0.4) is 0 Å². The summed E-state index contributed by atoms with van der Waals surface area (Å²) in [5.74, 6) is -9.75. The summed E-state index contributed by atoms with van der Waals surface area (Å²) in [6, 6.07) is 37.8. The van der Waals surface area contributed by atoms with Crippen LogP contribution in [0.4, 0.5) is 0 Å². The van der Waals surface area contributed by atoms with Gasteiger partial charge in [-0.1, -0.05) is 72.8 Å². The molecule has 16 bridgehead atoms. The lowest BCUT2D eigenvalue weighted by atomic mass is 10.1. The molecule has 96 heavy (non-hydrogen) atoms. The summed E-state index contributed by atoms with van der Waals surface area (Å²) in [7, 11) is 4.51. The van der Waals surface area contributed by atoms with Crippen molar-refractivity contribution in [3.05, 3.63) is 249 Å². The Kier molecular flexibility index (Phi) is 22.2. The number of methoxy groups -OCH3 is 4. The van der Waals surface area contributed by atoms with Crippen molar-refractivity contribution in [1.29, 1.82) is 0 Å². The Hall–Kier alpha value is -12.7. The Morgan fingerprint density at radius 3 is 0.708 bits per heavy atom. The first-order valence-electron chi connectivity index (χ1n) is 29.2. The number of nitrogens with zero attached hydrogens (tertiary/aromatic N) is 2. The van der Waals surface area contributed by atoms with Gasteiger partial charge in [0.1, 0.15) is 69.9 Å². The lowest BCUT2D eigenvalue weighted by Crippen LogP contribution is -2.44. The molecule has 0 saturated heterocycles. The Morgan fingerprint density at radius 2 is 0.510 bits per heavy atom. The molecule has 0 fully saturated rings. The summed E-state index contributed by atoms with van der Waals surface area (Å²) >= 11 is 0. The third-order valence-electron chi connectivity index (χ3n) is 14.6. The van der Waals surface area contributed by atoms with E-state index < -0.39 is 95.6 Å². The highest BCUT2D eigenvalue weighted by molar-refractivity contribution is 6.01. The van der Waals surface area contributed by atoms with Crippen LogP contribution in [0.2, 0.25) is 0 Å². The van der Waals surface area contributed by atoms with E-state index in [1.165, 1.54) is 182 Å². The Labute approximate surface area is 546 Å². The molecule has 0 saturated carbocycles. The summed E-state index contributed by atoms with van der Waals surface area (Å²) < 4.78 is 42.2. The lowest BCUT2D eigenvalue weighted by molar-refractivity contribution is -0.143. The van der Waals surface area contributed by atoms with Crippen LogP contribution in [0.1, 0.15) is 106 Å². The van der Waals surface area contributed by atoms with Crippen LogP contribution >= 0.6 is 0 Å². The molecule has 2 aromatic heterocycles. The maximum Gasteiger partial charge on any atom is 0.343 e. The summed E-state index contributed by atoms with van der Waals surface area (Å²) in [4.78, 5) is 169. The Bertz CT molecular complexity index is 3760. The molecule has 0 spiro atoms. The third-order valence-corrected chi connectivity index (χ3v) is 14.6. The van der Waals surface area contributed by atoms with Crippen LogP contribution in [0.25, 0.3) is 0 Å². The third kappa shape index (κ3) is 17.8. The second kappa shape index (κ2) is 31.5. The number of nitrogens with one attached hydrogen (secondary N) is 4. The molecule has 4 amide bonds. The first kappa shape index (κ1) is 67.6. The van der Waals surface area contributed by atoms with Gasteiger partial charge in [-0.15, -0.1) is 0 Å². The number of aromatic nitrogens is 2. The molecule has 0 radical (unpaired) electrons. The molecule has 0 unspecified atom stereocenters. The topological polar surface area (TPSA) is 353 Å². The number of hydrogen-bond acceptors (Lipinski definition) is 22. The highest BCUT2D eigenvalue weighted by Crippen LogP contribution is 2.23. The van der Waals surface area contributed by atoms with E-state index in [2.05, 4.69) is 31.2 Å². The van der Waals surface area contributed by atoms with Gasteiger partial charge in [-0.2, -0.15) is 0 Å². The van der Waals surface area contributed by atoms with Crippen LogP contribution in [-0.4, -0.2) is 134 Å². The van der Waals surface area contributed by atoms with Crippen molar-refractivity contribution in [3.63, 3.8) is 0 Å². The Morgan fingerprint density at radius 1 is 0.312 bits per heavy atom. The number of carbonyl (C=O) groups is 12. The molecule has 6 aromatic carbocycles. The molecule has 4 N–H and O–H groups in total. The van der Waals surface area contributed by atoms with Crippen molar-refractivity contribution >= 4 is 71.4 Å². The Balaban J connectivity index is 0.935. The van der Waals surface area contributed by atoms with Crippen molar-refractivity contribution in [3.8, 4) is 23.0 Å². The fourth-order valence-electron chi connectivity index (χ4n) is 9.57. The lowest BCUT2D eigenvalue weighted by Gasteiger charge is -2.18. The van der Waals surface area contributed by atoms with Crippen LogP contribution in [0.5, 0.6) is 23.0 Å². The monoisotopic (exact) mass is 1300 g/mol. The molecule has 488 valence electrons. The molecule has 26 heteroatoms. The molecule has 4 atom stereocenters. The van der Waals surface area contributed by atoms with E-state index in [-0.39, 0.29) is 93.7 Å². The maximum atomic E-state index is 13.6. The first-order valence-corrected chi connectivity index (χ1v) is 29.2. The van der Waals surface area contributed by atoms with Gasteiger partial charge in [0.05, 0.1) is 50.7 Å². The van der Waals surface area contributed by atoms with Gasteiger partial charge >= 0.3 is 47.8 Å². The van der Waals surface area contributed by atoms with Gasteiger partial charge in [-0.05, 0) is 131 Å². The van der Waals surface area contributed by atoms with Gasteiger partial charge in [0.25, 0.3) is 23.6 Å². The molecular weight excluding hydrogens is 1240 g/mol. The second-order valence-electron chi connectivity index (χ2n) is 21.1. The molecule has 7 aliphatic heterocycles. The average molecular weight is 1300 g/mol. The average Bonchev–Trinajstić information content (AvgIpc) is 3.10. The quantitative estimate of drug-likeness (QED) is 0.0929. The zero-order valence-corrected chi connectivity index (χ0v) is 51.5. The summed E-state index contributed by atoms with van der Waals surface area (Å²) in [5.41, 5.74) is 0.829. The van der Waals surface area contributed by atoms with E-state index in [9.17, 15) is 57.5 Å². The van der Waals surface area contributed by atoms with E-state index >= 15 is 0 Å². The highest BCUT2D eigenvalue weighted by Gasteiger charge is 2.30. The molecule has 15 rings (SSSR count). The number of carbonyl (C=O) groups excluding carboxylic acids is 12. The molecular formula is C70H58N6O20. The zero-order chi connectivity index (χ0) is 68.4. The predicted molar refractivity (Wildman–Crippen MR) is 335 cm³/mol. The van der Waals surface area contributed by atoms with Gasteiger partial charge < -0.3 is 59.2 Å². The molecule has 7 aliphatic rings. The van der Waals surface area contributed by atoms with Crippen molar-refractivity contribution in [2.75, 3.05) is 28.4 Å². The smallest absolute Gasteiger partial charge is 0.343 e. The predicted octanol–water partition coefficient (Wildman–Crippen LogP) is 5.72. The normalized spacial score (nSPS) is 17.0. The number of ether oxygens (including phenoxy) is 8. The maximum absolute atomic E-state index is 13.6. The van der Waals surface area contributed by atoms with E-state index in [0.29, 0.717) is 22.3 Å². The fourth-order valence-corrected chi connectivity index (χ4v) is 9.57. The van der Waals surface area contributed by atoms with Crippen molar-refractivity contribution in [2.45, 2.75) is 49.9 Å². The van der Waals surface area contributed by atoms with Crippen LogP contribution in [-0.2, 0) is 63.8 Å². The minimum absolute atomic E-state index is 0.0135. The minimum Gasteiger partial charge on any atom is -0.467 e. The number of amides is 4. The number of pyridine rings is 2. The number of hydrogen-bond donors (Lipinski definition) is 4. The SMILES string of the molecule is COC(=O)[C@@H]1Cc2ccc(cc2)OC(=O)c2cccc(c2)C(=O)Oc2ccc(cc2)C[C@@H](C(=O)OC)NC(=O)c2cccc(n2)C(=O)N[C@H](C(=O)OC)Cc2ccc(cc2)OC(=O)c2cccc(c2)C(=O)Oc2ccc(cc2)C[C@@H](C(=O)OC)NC(=O)c2cccc(n2)C(=O)N1. The van der Waals surface area contributed by atoms with Gasteiger partial charge in [-0.3, -0.25) is 19.2 Å². The van der Waals surface area contributed by atoms with Gasteiger partial charge in [0, 0.05) is 25.7 Å². The van der Waals surface area contributed by atoms with Gasteiger partial charge in [-0.25, -0.2) is 48.3 Å². The summed E-state index contributed by atoms with van der Waals surface area (Å²) in [5, 5.41) is 10.3. The van der Waals surface area contributed by atoms with Crippen LogP contribution in [0, 0.1) is 0 Å². The molecule has 0 aliphatic carbocycles. The zero-order valence-electron chi connectivity index (χ0n) is 51.5. The standard InChI is InChI=1S/C70H58N6O20/c1-89-67(85)55-33-39-17-25-47(26-18-39)93-63(81)43-9-5-10-44(37-43)64(82)94-49-29-21-41(22-30-49)35-57(69(87)91-3)75-61(79)53-15-8-16-54(72-53)62(80)76-58(70(88)92-4)36-42-23-31-50(32-24-42)96-66(84)46-12-6-11-45(38-46)65(83)95-48-27-19-40(20-28-48)34-56(68(86)90-2)74-60(78)52-14-7-13-51(71-52)59(77)73-55/h5-32,37-38,55-58H,33-36H2,1-4H3,(H,73,77)(H,74,78)(H,75,79)(H,76,80)/t55-,56-,57-,58-/m0/s1. The highest BCUT2D eigenvalue weighted by atomic mass is 16.6. The second-order valence-corrected chi connectivity index (χ2v) is 21.1. The van der Waals surface area contributed by atoms with Crippen molar-refractivity contribution in [1.82, 2.24) is 31.2 Å². The number of benzene rings is 6. The van der Waals surface area contributed by atoms with E-state index in [4.69, 9.17) is 37.9 Å². The molecule has 26 nitrogen and oxygen atoms in total. The summed E-state index contributed by atoms with van der Waals surface area (Å²) in [6.45, 7) is 0.